The van der Waals surface area contributed by atoms with Crippen molar-refractivity contribution in [3.8, 4) is 0 Å². The van der Waals surface area contributed by atoms with Crippen LogP contribution in [0, 0.1) is 0 Å². The first-order valence-electron chi connectivity index (χ1n) is 8.70. The summed E-state index contributed by atoms with van der Waals surface area (Å²) < 4.78 is 5.70. The maximum absolute atomic E-state index is 12.7. The van der Waals surface area contributed by atoms with Crippen molar-refractivity contribution in [2.24, 2.45) is 4.99 Å². The zero-order valence-electron chi connectivity index (χ0n) is 16.2. The second kappa shape index (κ2) is 8.34. The fourth-order valence-corrected chi connectivity index (χ4v) is 3.12. The Labute approximate surface area is 151 Å². The van der Waals surface area contributed by atoms with Gasteiger partial charge in [0.2, 0.25) is 0 Å². The van der Waals surface area contributed by atoms with Crippen molar-refractivity contribution in [3.63, 3.8) is 0 Å². The number of ether oxygens (including phenoxy) is 1. The van der Waals surface area contributed by atoms with Crippen LogP contribution in [0.15, 0.2) is 29.3 Å². The van der Waals surface area contributed by atoms with Crippen LogP contribution in [0.25, 0.3) is 0 Å². The molecule has 6 nitrogen and oxygen atoms in total. The molecule has 1 aromatic rings. The highest BCUT2D eigenvalue weighted by molar-refractivity contribution is 5.94. The lowest BCUT2D eigenvalue weighted by atomic mass is 10.1. The Kier molecular flexibility index (Phi) is 6.42. The van der Waals surface area contributed by atoms with E-state index in [9.17, 15) is 4.79 Å². The Balaban J connectivity index is 2.04. The molecule has 0 N–H and O–H groups in total. The summed E-state index contributed by atoms with van der Waals surface area (Å²) >= 11 is 0. The molecule has 1 aliphatic rings. The van der Waals surface area contributed by atoms with Crippen molar-refractivity contribution in [1.29, 1.82) is 0 Å². The minimum absolute atomic E-state index is 0.0688. The molecule has 1 saturated heterocycles. The second-order valence-corrected chi connectivity index (χ2v) is 7.07. The van der Waals surface area contributed by atoms with Crippen LogP contribution in [0.5, 0.6) is 0 Å². The van der Waals surface area contributed by atoms with Crippen LogP contribution in [0.1, 0.15) is 29.8 Å². The number of hydrogen-bond donors (Lipinski definition) is 0. The van der Waals surface area contributed by atoms with Crippen LogP contribution >= 0.6 is 0 Å². The van der Waals surface area contributed by atoms with Crippen LogP contribution < -0.4 is 0 Å². The van der Waals surface area contributed by atoms with Gasteiger partial charge in [0.1, 0.15) is 0 Å². The molecule has 2 rings (SSSR count). The number of guanidine groups is 1. The number of rotatable bonds is 3. The molecule has 1 aromatic carbocycles. The number of carbonyl (C=O) groups is 1. The normalized spacial score (nSPS) is 20.2. The van der Waals surface area contributed by atoms with Gasteiger partial charge in [0.15, 0.2) is 5.96 Å². The largest absolute Gasteiger partial charge is 0.372 e. The summed E-state index contributed by atoms with van der Waals surface area (Å²) in [7, 11) is 7.91. The van der Waals surface area contributed by atoms with Gasteiger partial charge in [-0.2, -0.15) is 0 Å². The van der Waals surface area contributed by atoms with Gasteiger partial charge in [-0.1, -0.05) is 12.1 Å². The Morgan fingerprint density at radius 1 is 1.08 bits per heavy atom. The van der Waals surface area contributed by atoms with Crippen molar-refractivity contribution in [3.05, 3.63) is 35.4 Å². The Morgan fingerprint density at radius 3 is 2.08 bits per heavy atom. The first kappa shape index (κ1) is 19.2. The van der Waals surface area contributed by atoms with Gasteiger partial charge in [0.25, 0.3) is 5.91 Å². The average molecular weight is 346 g/mol. The number of nitrogens with zero attached hydrogens (tertiary/aromatic N) is 4. The summed E-state index contributed by atoms with van der Waals surface area (Å²) in [5, 5.41) is 0. The summed E-state index contributed by atoms with van der Waals surface area (Å²) in [6.45, 7) is 5.88. The molecule has 0 aliphatic carbocycles. The summed E-state index contributed by atoms with van der Waals surface area (Å²) in [5.74, 6) is 0.982. The third-order valence-electron chi connectivity index (χ3n) is 4.11. The van der Waals surface area contributed by atoms with Crippen molar-refractivity contribution in [2.45, 2.75) is 32.6 Å². The van der Waals surface area contributed by atoms with Gasteiger partial charge in [-0.05, 0) is 31.5 Å². The Bertz CT molecular complexity index is 590. The second-order valence-electron chi connectivity index (χ2n) is 7.07. The zero-order chi connectivity index (χ0) is 18.6. The molecule has 0 aromatic heterocycles. The predicted molar refractivity (Wildman–Crippen MR) is 101 cm³/mol. The molecule has 0 radical (unpaired) electrons. The minimum Gasteiger partial charge on any atom is -0.372 e. The fraction of sp³-hybridized carbons (Fsp3) is 0.579. The molecule has 138 valence electrons. The molecule has 0 bridgehead atoms. The van der Waals surface area contributed by atoms with Gasteiger partial charge in [-0.25, -0.2) is 4.99 Å². The fourth-order valence-electron chi connectivity index (χ4n) is 3.12. The van der Waals surface area contributed by atoms with Crippen LogP contribution in [-0.2, 0) is 11.3 Å². The Hall–Kier alpha value is -2.08. The Morgan fingerprint density at radius 2 is 1.60 bits per heavy atom. The van der Waals surface area contributed by atoms with Crippen LogP contribution in [-0.4, -0.2) is 80.1 Å². The number of amides is 1. The maximum Gasteiger partial charge on any atom is 0.254 e. The number of carbonyl (C=O) groups excluding carboxylic acids is 1. The molecule has 2 atom stereocenters. The smallest absolute Gasteiger partial charge is 0.254 e. The van der Waals surface area contributed by atoms with Crippen LogP contribution in [0.4, 0.5) is 0 Å². The summed E-state index contributed by atoms with van der Waals surface area (Å²) in [4.78, 5) is 23.2. The first-order chi connectivity index (χ1) is 11.8. The summed E-state index contributed by atoms with van der Waals surface area (Å²) in [5.41, 5.74) is 1.80. The highest BCUT2D eigenvalue weighted by Gasteiger charge is 2.26. The van der Waals surface area contributed by atoms with E-state index >= 15 is 0 Å². The quantitative estimate of drug-likeness (QED) is 0.620. The summed E-state index contributed by atoms with van der Waals surface area (Å²) in [6, 6.07) is 7.74. The number of morpholine rings is 1. The van der Waals surface area contributed by atoms with E-state index in [1.54, 1.807) is 0 Å². The van der Waals surface area contributed by atoms with Gasteiger partial charge < -0.3 is 19.4 Å². The third-order valence-corrected chi connectivity index (χ3v) is 4.11. The van der Waals surface area contributed by atoms with E-state index in [0.717, 1.165) is 17.1 Å². The molecular weight excluding hydrogens is 316 g/mol. The van der Waals surface area contributed by atoms with E-state index in [2.05, 4.69) is 4.99 Å². The van der Waals surface area contributed by atoms with E-state index in [0.29, 0.717) is 19.6 Å². The van der Waals surface area contributed by atoms with E-state index in [1.807, 2.05) is 81.0 Å². The summed E-state index contributed by atoms with van der Waals surface area (Å²) in [6.07, 6.45) is 0.161. The average Bonchev–Trinajstić information content (AvgIpc) is 2.53. The molecule has 1 amide bonds. The maximum atomic E-state index is 12.7. The van der Waals surface area contributed by atoms with Crippen LogP contribution in [0.2, 0.25) is 0 Å². The highest BCUT2D eigenvalue weighted by atomic mass is 16.5. The molecule has 1 fully saturated rings. The molecule has 0 unspecified atom stereocenters. The van der Waals surface area contributed by atoms with E-state index in [4.69, 9.17) is 4.74 Å². The lowest BCUT2D eigenvalue weighted by Gasteiger charge is -2.35. The first-order valence-corrected chi connectivity index (χ1v) is 8.70. The van der Waals surface area contributed by atoms with Crippen molar-refractivity contribution in [2.75, 3.05) is 41.3 Å². The minimum atomic E-state index is 0.0688. The van der Waals surface area contributed by atoms with Crippen molar-refractivity contribution < 1.29 is 9.53 Å². The topological polar surface area (TPSA) is 48.4 Å². The molecule has 1 aliphatic heterocycles. The number of benzene rings is 1. The lowest BCUT2D eigenvalue weighted by Crippen LogP contribution is -2.48. The number of hydrogen-bond acceptors (Lipinski definition) is 3. The molecule has 25 heavy (non-hydrogen) atoms. The molecule has 6 heteroatoms. The molecule has 1 heterocycles. The number of aliphatic imine (C=N–C) groups is 1. The monoisotopic (exact) mass is 346 g/mol. The molecular formula is C19H30N4O2. The van der Waals surface area contributed by atoms with Crippen LogP contribution in [0.3, 0.4) is 0 Å². The third kappa shape index (κ3) is 5.19. The van der Waals surface area contributed by atoms with E-state index < -0.39 is 0 Å². The van der Waals surface area contributed by atoms with Crippen molar-refractivity contribution >= 4 is 11.9 Å². The lowest BCUT2D eigenvalue weighted by molar-refractivity contribution is -0.0586. The molecule has 0 saturated carbocycles. The highest BCUT2D eigenvalue weighted by Crippen LogP contribution is 2.15. The van der Waals surface area contributed by atoms with Gasteiger partial charge in [0, 0.05) is 46.8 Å². The standard InChI is InChI=1S/C19H30N4O2/c1-14-12-23(13-15(2)25-14)18(24)17-9-7-16(8-10-17)11-20-19(21(3)4)22(5)6/h7-10,14-15H,11-13H2,1-6H3/t14-,15-/m0/s1. The van der Waals surface area contributed by atoms with E-state index in [1.165, 1.54) is 0 Å². The molecule has 0 spiro atoms. The van der Waals surface area contributed by atoms with Gasteiger partial charge in [-0.15, -0.1) is 0 Å². The van der Waals surface area contributed by atoms with Gasteiger partial charge >= 0.3 is 0 Å². The predicted octanol–water partition coefficient (Wildman–Crippen LogP) is 1.92. The van der Waals surface area contributed by atoms with Gasteiger partial charge in [0.05, 0.1) is 18.8 Å². The van der Waals surface area contributed by atoms with E-state index in [-0.39, 0.29) is 18.1 Å². The van der Waals surface area contributed by atoms with Crippen molar-refractivity contribution in [1.82, 2.24) is 14.7 Å². The van der Waals surface area contributed by atoms with Gasteiger partial charge in [-0.3, -0.25) is 4.79 Å². The zero-order valence-corrected chi connectivity index (χ0v) is 16.2. The SMILES string of the molecule is C[C@H]1CN(C(=O)c2ccc(CN=C(N(C)C)N(C)C)cc2)C[C@H](C)O1.